The van der Waals surface area contributed by atoms with E-state index in [4.69, 9.17) is 0 Å². The summed E-state index contributed by atoms with van der Waals surface area (Å²) in [4.78, 5) is 1.14. The van der Waals surface area contributed by atoms with Crippen molar-refractivity contribution in [1.29, 1.82) is 0 Å². The second kappa shape index (κ2) is 6.37. The van der Waals surface area contributed by atoms with E-state index in [1.807, 2.05) is 30.5 Å². The van der Waals surface area contributed by atoms with Gasteiger partial charge in [0.25, 0.3) is 0 Å². The molecule has 0 amide bonds. The Bertz CT molecular complexity index is 596. The van der Waals surface area contributed by atoms with Crippen LogP contribution >= 0.6 is 11.8 Å². The lowest BCUT2D eigenvalue weighted by Crippen LogP contribution is -2.19. The van der Waals surface area contributed by atoms with Crippen LogP contribution in [0.2, 0.25) is 0 Å². The first-order valence-electron chi connectivity index (χ1n) is 6.33. The molecule has 1 atom stereocenters. The van der Waals surface area contributed by atoms with Crippen molar-refractivity contribution < 1.29 is 8.78 Å². The summed E-state index contributed by atoms with van der Waals surface area (Å²) < 4.78 is 27.8. The molecule has 0 spiro atoms. The second-order valence-electron chi connectivity index (χ2n) is 4.62. The first-order chi connectivity index (χ1) is 9.56. The molecule has 4 heteroatoms. The van der Waals surface area contributed by atoms with Crippen LogP contribution in [-0.4, -0.2) is 13.3 Å². The number of hydrogen-bond donors (Lipinski definition) is 1. The summed E-state index contributed by atoms with van der Waals surface area (Å²) in [6.07, 6.45) is 2.00. The minimum absolute atomic E-state index is 0.318. The summed E-state index contributed by atoms with van der Waals surface area (Å²) in [5, 5.41) is 3.05. The summed E-state index contributed by atoms with van der Waals surface area (Å²) in [5.41, 5.74) is 1.55. The van der Waals surface area contributed by atoms with Crippen LogP contribution in [0.25, 0.3) is 0 Å². The zero-order valence-corrected chi connectivity index (χ0v) is 12.5. The highest BCUT2D eigenvalue weighted by Crippen LogP contribution is 2.27. The van der Waals surface area contributed by atoms with Gasteiger partial charge in [0.05, 0.1) is 6.04 Å². The fraction of sp³-hybridized carbons (Fsp3) is 0.250. The molecule has 106 valence electrons. The van der Waals surface area contributed by atoms with Crippen molar-refractivity contribution in [1.82, 2.24) is 5.32 Å². The Morgan fingerprint density at radius 1 is 1.05 bits per heavy atom. The number of thioether (sulfide) groups is 1. The van der Waals surface area contributed by atoms with Gasteiger partial charge in [-0.05, 0) is 55.6 Å². The molecule has 0 aliphatic carbocycles. The van der Waals surface area contributed by atoms with E-state index in [9.17, 15) is 8.78 Å². The molecule has 2 aromatic carbocycles. The molecule has 0 bridgehead atoms. The van der Waals surface area contributed by atoms with E-state index in [2.05, 4.69) is 5.32 Å². The summed E-state index contributed by atoms with van der Waals surface area (Å²) in [5.74, 6) is -0.778. The van der Waals surface area contributed by atoms with Crippen molar-refractivity contribution in [2.75, 3.05) is 13.3 Å². The molecule has 0 saturated carbocycles. The third-order valence-electron chi connectivity index (χ3n) is 3.33. The van der Waals surface area contributed by atoms with Gasteiger partial charge in [0.2, 0.25) is 0 Å². The molecule has 2 aromatic rings. The number of aryl methyl sites for hydroxylation is 1. The quantitative estimate of drug-likeness (QED) is 0.843. The molecule has 1 unspecified atom stereocenters. The van der Waals surface area contributed by atoms with Gasteiger partial charge < -0.3 is 5.32 Å². The van der Waals surface area contributed by atoms with Crippen LogP contribution in [0.5, 0.6) is 0 Å². The highest BCUT2D eigenvalue weighted by Gasteiger charge is 2.18. The zero-order valence-electron chi connectivity index (χ0n) is 11.7. The Labute approximate surface area is 122 Å². The van der Waals surface area contributed by atoms with Crippen LogP contribution < -0.4 is 5.32 Å². The summed E-state index contributed by atoms with van der Waals surface area (Å²) in [6, 6.07) is 9.98. The molecule has 0 fully saturated rings. The molecule has 0 aliphatic rings. The maximum absolute atomic E-state index is 14.1. The maximum Gasteiger partial charge on any atom is 0.128 e. The van der Waals surface area contributed by atoms with E-state index >= 15 is 0 Å². The topological polar surface area (TPSA) is 12.0 Å². The summed E-state index contributed by atoms with van der Waals surface area (Å²) in [7, 11) is 1.74. The van der Waals surface area contributed by atoms with Gasteiger partial charge in [0, 0.05) is 10.5 Å². The number of nitrogens with one attached hydrogen (secondary N) is 1. The molecule has 20 heavy (non-hydrogen) atoms. The van der Waals surface area contributed by atoms with Crippen LogP contribution in [0.1, 0.15) is 22.7 Å². The van der Waals surface area contributed by atoms with E-state index in [0.29, 0.717) is 11.1 Å². The predicted octanol–water partition coefficient (Wildman–Crippen LogP) is 4.30. The van der Waals surface area contributed by atoms with Crippen LogP contribution in [-0.2, 0) is 0 Å². The highest BCUT2D eigenvalue weighted by atomic mass is 32.2. The molecule has 0 saturated heterocycles. The molecule has 2 rings (SSSR count). The molecule has 0 heterocycles. The summed E-state index contributed by atoms with van der Waals surface area (Å²) >= 11 is 1.65. The lowest BCUT2D eigenvalue weighted by molar-refractivity contribution is 0.553. The third-order valence-corrected chi connectivity index (χ3v) is 4.07. The molecular formula is C16H17F2NS. The van der Waals surface area contributed by atoms with E-state index in [1.165, 1.54) is 12.1 Å². The summed E-state index contributed by atoms with van der Waals surface area (Å²) in [6.45, 7) is 1.56. The van der Waals surface area contributed by atoms with Gasteiger partial charge in [0.15, 0.2) is 0 Å². The number of rotatable bonds is 4. The number of halogens is 2. The lowest BCUT2D eigenvalue weighted by atomic mass is 9.97. The fourth-order valence-electron chi connectivity index (χ4n) is 2.18. The first kappa shape index (κ1) is 15.0. The van der Waals surface area contributed by atoms with Gasteiger partial charge in [0.1, 0.15) is 11.6 Å². The van der Waals surface area contributed by atoms with Gasteiger partial charge in [-0.2, -0.15) is 0 Å². The smallest absolute Gasteiger partial charge is 0.128 e. The maximum atomic E-state index is 14.1. The Balaban J connectivity index is 2.43. The van der Waals surface area contributed by atoms with Gasteiger partial charge in [-0.15, -0.1) is 11.8 Å². The van der Waals surface area contributed by atoms with Crippen molar-refractivity contribution in [3.8, 4) is 0 Å². The molecule has 0 radical (unpaired) electrons. The normalized spacial score (nSPS) is 12.4. The largest absolute Gasteiger partial charge is 0.309 e. The average molecular weight is 293 g/mol. The number of hydrogen-bond acceptors (Lipinski definition) is 2. The minimum atomic E-state index is -0.391. The van der Waals surface area contributed by atoms with Crippen LogP contribution in [0.3, 0.4) is 0 Å². The molecule has 0 aliphatic heterocycles. The van der Waals surface area contributed by atoms with E-state index in [-0.39, 0.29) is 11.9 Å². The molecule has 1 nitrogen and oxygen atoms in total. The fourth-order valence-corrected chi connectivity index (χ4v) is 2.59. The monoisotopic (exact) mass is 293 g/mol. The Morgan fingerprint density at radius 2 is 1.70 bits per heavy atom. The van der Waals surface area contributed by atoms with Crippen molar-refractivity contribution in [2.24, 2.45) is 0 Å². The Kier molecular flexibility index (Phi) is 4.78. The zero-order chi connectivity index (χ0) is 14.7. The van der Waals surface area contributed by atoms with E-state index in [1.54, 1.807) is 25.7 Å². The van der Waals surface area contributed by atoms with E-state index < -0.39 is 5.82 Å². The van der Waals surface area contributed by atoms with Crippen LogP contribution in [0.4, 0.5) is 8.78 Å². The average Bonchev–Trinajstić information content (AvgIpc) is 2.46. The molecule has 1 N–H and O–H groups in total. The molecule has 0 aromatic heterocycles. The van der Waals surface area contributed by atoms with Gasteiger partial charge >= 0.3 is 0 Å². The highest BCUT2D eigenvalue weighted by molar-refractivity contribution is 7.98. The van der Waals surface area contributed by atoms with Crippen LogP contribution in [0.15, 0.2) is 41.3 Å². The number of benzene rings is 2. The Morgan fingerprint density at radius 3 is 2.25 bits per heavy atom. The minimum Gasteiger partial charge on any atom is -0.309 e. The van der Waals surface area contributed by atoms with Gasteiger partial charge in [-0.1, -0.05) is 12.1 Å². The van der Waals surface area contributed by atoms with Gasteiger partial charge in [-0.3, -0.25) is 0 Å². The third kappa shape index (κ3) is 3.02. The van der Waals surface area contributed by atoms with Crippen molar-refractivity contribution in [3.05, 3.63) is 64.7 Å². The van der Waals surface area contributed by atoms with Crippen molar-refractivity contribution in [3.63, 3.8) is 0 Å². The first-order valence-corrected chi connectivity index (χ1v) is 7.56. The Hall–Kier alpha value is -1.39. The van der Waals surface area contributed by atoms with E-state index in [0.717, 1.165) is 10.5 Å². The second-order valence-corrected chi connectivity index (χ2v) is 5.50. The SMILES string of the molecule is CNC(c1ccc(SC)cc1)c1cc(F)c(C)cc1F. The lowest BCUT2D eigenvalue weighted by Gasteiger charge is -2.19. The van der Waals surface area contributed by atoms with Gasteiger partial charge in [-0.25, -0.2) is 8.78 Å². The van der Waals surface area contributed by atoms with Crippen molar-refractivity contribution >= 4 is 11.8 Å². The predicted molar refractivity (Wildman–Crippen MR) is 80.2 cm³/mol. The molecular weight excluding hydrogens is 276 g/mol. The van der Waals surface area contributed by atoms with Crippen molar-refractivity contribution in [2.45, 2.75) is 17.9 Å². The standard InChI is InChI=1S/C16H17F2NS/c1-10-8-15(18)13(9-14(10)17)16(19-2)11-4-6-12(20-3)7-5-11/h4-9,16,19H,1-3H3. The van der Waals surface area contributed by atoms with Crippen LogP contribution in [0, 0.1) is 18.6 Å².